The van der Waals surface area contributed by atoms with E-state index in [0.29, 0.717) is 13.1 Å². The number of hydroxylamine groups is 2. The minimum atomic E-state index is -3.92. The number of hydrogen-bond donors (Lipinski definition) is 4. The molecule has 0 spiro atoms. The normalized spacial score (nSPS) is 17.5. The number of piperidine rings is 1. The first-order valence-corrected chi connectivity index (χ1v) is 18.1. The Morgan fingerprint density at radius 1 is 0.702 bits per heavy atom. The number of ether oxygens (including phenoxy) is 1. The Balaban J connectivity index is 0.000000451. The lowest BCUT2D eigenvalue weighted by Gasteiger charge is -2.38. The molecule has 0 aliphatic carbocycles. The van der Waals surface area contributed by atoms with E-state index in [-0.39, 0.29) is 63.5 Å². The molecule has 4 N–H and O–H groups in total. The number of nitrogens with one attached hydrogen (secondary N) is 2. The minimum absolute atomic E-state index is 0. The van der Waals surface area contributed by atoms with Crippen LogP contribution in [0.15, 0.2) is 58.3 Å². The van der Waals surface area contributed by atoms with Crippen LogP contribution in [0.4, 0.5) is 0 Å². The van der Waals surface area contributed by atoms with Crippen LogP contribution in [-0.2, 0) is 46.8 Å². The van der Waals surface area contributed by atoms with Gasteiger partial charge in [-0.05, 0) is 94.1 Å². The summed E-state index contributed by atoms with van der Waals surface area (Å²) in [4.78, 5) is 26.5. The number of likely N-dealkylation sites (tertiary alicyclic amines) is 1. The summed E-state index contributed by atoms with van der Waals surface area (Å²) in [5.74, 6) is -1.74. The van der Waals surface area contributed by atoms with Gasteiger partial charge in [0.15, 0.2) is 29.2 Å². The highest BCUT2D eigenvalue weighted by atomic mass is 32.2. The largest absolute Gasteiger partial charge is 0.381 e. The lowest BCUT2D eigenvalue weighted by Crippen LogP contribution is -2.57. The van der Waals surface area contributed by atoms with E-state index in [9.17, 15) is 26.4 Å². The molecular formula is C33H53N3O9S2. The third-order valence-electron chi connectivity index (χ3n) is 8.70. The van der Waals surface area contributed by atoms with E-state index in [0.717, 1.165) is 36.8 Å². The van der Waals surface area contributed by atoms with Gasteiger partial charge in [0.1, 0.15) is 0 Å². The highest BCUT2D eigenvalue weighted by Crippen LogP contribution is 2.37. The maximum absolute atomic E-state index is 13.1. The van der Waals surface area contributed by atoms with Gasteiger partial charge in [-0.25, -0.2) is 27.8 Å². The van der Waals surface area contributed by atoms with Crippen LogP contribution in [0.1, 0.15) is 78.4 Å². The molecule has 0 unspecified atom stereocenters. The standard InChI is InChI=1S/C16H24N2O4S.C15H21NO5S.2CH4/c1-3-4-13-5-7-14(8-6-13)23(21,22)16(15(19)17-20)9-11-18(2)12-10-16;1-2-3-12-4-6-13(7-5-12)22(19,20)15(14(17)16-18)8-10-21-11-9-15;;/h5-8,20H,3-4,9-12H2,1-2H3,(H,17,19);4-7,18H,2-3,8-11H2,1H3,(H,16,17);2*1H4. The number of nitrogens with zero attached hydrogens (tertiary/aromatic N) is 1. The van der Waals surface area contributed by atoms with Crippen molar-refractivity contribution in [3.05, 3.63) is 59.7 Å². The first kappa shape index (κ1) is 42.1. The molecule has 2 aliphatic rings. The lowest BCUT2D eigenvalue weighted by molar-refractivity contribution is -0.134. The quantitative estimate of drug-likeness (QED) is 0.208. The Morgan fingerprint density at radius 3 is 1.36 bits per heavy atom. The molecule has 2 heterocycles. The Morgan fingerprint density at radius 2 is 1.04 bits per heavy atom. The van der Waals surface area contributed by atoms with E-state index in [4.69, 9.17) is 15.2 Å². The molecule has 12 nitrogen and oxygen atoms in total. The van der Waals surface area contributed by atoms with Crippen molar-refractivity contribution in [2.24, 2.45) is 0 Å². The summed E-state index contributed by atoms with van der Waals surface area (Å²) in [7, 11) is -5.93. The second kappa shape index (κ2) is 18.0. The maximum atomic E-state index is 13.1. The van der Waals surface area contributed by atoms with Gasteiger partial charge in [-0.1, -0.05) is 65.8 Å². The number of benzene rings is 2. The fourth-order valence-corrected chi connectivity index (χ4v) is 9.71. The average Bonchev–Trinajstić information content (AvgIpc) is 3.05. The third-order valence-corrected chi connectivity index (χ3v) is 13.7. The van der Waals surface area contributed by atoms with E-state index in [2.05, 4.69) is 6.92 Å². The molecular weight excluding hydrogens is 647 g/mol. The summed E-state index contributed by atoms with van der Waals surface area (Å²) in [6.45, 7) is 5.42. The SMILES string of the molecule is C.C.CCCc1ccc(S(=O)(=O)C2(C(=O)NO)CCN(C)CC2)cc1.CCCc1ccc(S(=O)(=O)C2(C(=O)NO)CCOCC2)cc1. The van der Waals surface area contributed by atoms with Gasteiger partial charge in [-0.3, -0.25) is 20.0 Å². The second-order valence-corrected chi connectivity index (χ2v) is 16.1. The molecule has 2 amide bonds. The van der Waals surface area contributed by atoms with Gasteiger partial charge in [-0.15, -0.1) is 0 Å². The number of sulfone groups is 2. The van der Waals surface area contributed by atoms with Crippen molar-refractivity contribution in [3.63, 3.8) is 0 Å². The van der Waals surface area contributed by atoms with Gasteiger partial charge < -0.3 is 9.64 Å². The summed E-state index contributed by atoms with van der Waals surface area (Å²) in [5, 5.41) is 18.0. The summed E-state index contributed by atoms with van der Waals surface area (Å²) in [5.41, 5.74) is 5.19. The van der Waals surface area contributed by atoms with Gasteiger partial charge in [0.05, 0.1) is 9.79 Å². The van der Waals surface area contributed by atoms with Gasteiger partial charge in [0, 0.05) is 13.2 Å². The molecule has 0 atom stereocenters. The van der Waals surface area contributed by atoms with Crippen molar-refractivity contribution in [1.29, 1.82) is 0 Å². The molecule has 0 radical (unpaired) electrons. The van der Waals surface area contributed by atoms with Crippen LogP contribution in [0.25, 0.3) is 0 Å². The second-order valence-electron chi connectivity index (χ2n) is 11.6. The fourth-order valence-electron chi connectivity index (χ4n) is 5.82. The van der Waals surface area contributed by atoms with E-state index in [1.165, 1.54) is 17.6 Å². The molecule has 0 saturated carbocycles. The predicted molar refractivity (Wildman–Crippen MR) is 181 cm³/mol. The Hall–Kier alpha value is -2.88. The number of carbonyl (C=O) groups is 2. The van der Waals surface area contributed by atoms with Crippen LogP contribution in [0, 0.1) is 0 Å². The molecule has 2 fully saturated rings. The molecule has 4 rings (SSSR count). The number of aryl methyl sites for hydroxylation is 2. The van der Waals surface area contributed by atoms with Gasteiger partial charge in [-0.2, -0.15) is 0 Å². The first-order valence-electron chi connectivity index (χ1n) is 15.2. The highest BCUT2D eigenvalue weighted by molar-refractivity contribution is 7.94. The third kappa shape index (κ3) is 8.78. The molecule has 266 valence electrons. The van der Waals surface area contributed by atoms with Crippen LogP contribution >= 0.6 is 0 Å². The maximum Gasteiger partial charge on any atom is 0.265 e. The van der Waals surface area contributed by atoms with Crippen LogP contribution in [0.2, 0.25) is 0 Å². The Labute approximate surface area is 280 Å². The zero-order valence-corrected chi connectivity index (χ0v) is 27.8. The summed E-state index contributed by atoms with van der Waals surface area (Å²) < 4.78 is 54.0. The zero-order valence-electron chi connectivity index (χ0n) is 26.1. The lowest BCUT2D eigenvalue weighted by atomic mass is 9.95. The van der Waals surface area contributed by atoms with E-state index < -0.39 is 41.0 Å². The molecule has 2 aromatic carbocycles. The number of hydrogen-bond acceptors (Lipinski definition) is 10. The van der Waals surface area contributed by atoms with Gasteiger partial charge >= 0.3 is 0 Å². The van der Waals surface area contributed by atoms with Crippen molar-refractivity contribution in [2.75, 3.05) is 33.4 Å². The highest BCUT2D eigenvalue weighted by Gasteiger charge is 2.53. The van der Waals surface area contributed by atoms with Crippen molar-refractivity contribution in [2.45, 2.75) is 99.4 Å². The molecule has 47 heavy (non-hydrogen) atoms. The van der Waals surface area contributed by atoms with Crippen molar-refractivity contribution >= 4 is 31.5 Å². The predicted octanol–water partition coefficient (Wildman–Crippen LogP) is 4.12. The summed E-state index contributed by atoms with van der Waals surface area (Å²) >= 11 is 0. The topological polar surface area (TPSA) is 179 Å². The molecule has 0 aromatic heterocycles. The van der Waals surface area contributed by atoms with Crippen LogP contribution in [0.5, 0.6) is 0 Å². The van der Waals surface area contributed by atoms with Crippen molar-refractivity contribution in [3.8, 4) is 0 Å². The van der Waals surface area contributed by atoms with Gasteiger partial charge in [0.2, 0.25) is 0 Å². The van der Waals surface area contributed by atoms with Crippen molar-refractivity contribution < 1.29 is 41.6 Å². The van der Waals surface area contributed by atoms with Crippen molar-refractivity contribution in [1.82, 2.24) is 15.9 Å². The fraction of sp³-hybridized carbons (Fsp3) is 0.576. The average molecular weight is 700 g/mol. The summed E-state index contributed by atoms with van der Waals surface area (Å²) in [6.07, 6.45) is 4.08. The molecule has 2 aliphatic heterocycles. The number of carbonyl (C=O) groups excluding carboxylic acids is 2. The van der Waals surface area contributed by atoms with E-state index in [1.54, 1.807) is 41.9 Å². The number of amides is 2. The smallest absolute Gasteiger partial charge is 0.265 e. The monoisotopic (exact) mass is 699 g/mol. The summed E-state index contributed by atoms with van der Waals surface area (Å²) in [6, 6.07) is 13.3. The van der Waals surface area contributed by atoms with Gasteiger partial charge in [0.25, 0.3) is 11.8 Å². The van der Waals surface area contributed by atoms with Crippen LogP contribution in [0.3, 0.4) is 0 Å². The van der Waals surface area contributed by atoms with E-state index >= 15 is 0 Å². The molecule has 2 saturated heterocycles. The van der Waals surface area contributed by atoms with Crippen LogP contribution in [-0.4, -0.2) is 86.8 Å². The molecule has 0 bridgehead atoms. The number of rotatable bonds is 10. The Kier molecular flexibility index (Phi) is 16.2. The zero-order chi connectivity index (χ0) is 33.3. The minimum Gasteiger partial charge on any atom is -0.381 e. The van der Waals surface area contributed by atoms with E-state index in [1.807, 2.05) is 18.9 Å². The first-order chi connectivity index (χ1) is 21.3. The Bertz CT molecular complexity index is 1500. The van der Waals surface area contributed by atoms with Crippen LogP contribution < -0.4 is 11.0 Å². The molecule has 14 heteroatoms. The molecule has 2 aromatic rings.